The normalized spacial score (nSPS) is 39.0. The Morgan fingerprint density at radius 2 is 2.27 bits per heavy atom. The molecule has 2 rings (SSSR count). The molecule has 0 N–H and O–H groups in total. The molecule has 3 nitrogen and oxygen atoms in total. The van der Waals surface area contributed by atoms with Gasteiger partial charge in [-0.05, 0) is 37.2 Å². The molecule has 1 fully saturated rings. The number of ether oxygens (including phenoxy) is 2. The van der Waals surface area contributed by atoms with Gasteiger partial charge in [0, 0.05) is 12.8 Å². The molecule has 0 spiro atoms. The first-order chi connectivity index (χ1) is 7.09. The lowest BCUT2D eigenvalue weighted by atomic mass is 9.84. The van der Waals surface area contributed by atoms with Crippen molar-refractivity contribution >= 4 is 5.97 Å². The molecule has 1 saturated carbocycles. The van der Waals surface area contributed by atoms with Gasteiger partial charge in [-0.3, -0.25) is 4.79 Å². The summed E-state index contributed by atoms with van der Waals surface area (Å²) < 4.78 is 10.7. The number of esters is 1. The van der Waals surface area contributed by atoms with Gasteiger partial charge in [0.15, 0.2) is 0 Å². The molecule has 3 heteroatoms. The number of hydrogen-bond acceptors (Lipinski definition) is 3. The quantitative estimate of drug-likeness (QED) is 0.624. The SMILES string of the molecule is CC(=O)O[C@@H]1OC=C(C)[C@H]2CC[C@@H](C)[C@@H]12. The molecule has 0 aromatic heterocycles. The van der Waals surface area contributed by atoms with Gasteiger partial charge >= 0.3 is 5.97 Å². The van der Waals surface area contributed by atoms with E-state index in [-0.39, 0.29) is 12.3 Å². The van der Waals surface area contributed by atoms with E-state index < -0.39 is 0 Å². The number of rotatable bonds is 1. The van der Waals surface area contributed by atoms with E-state index in [1.54, 1.807) is 6.26 Å². The van der Waals surface area contributed by atoms with Crippen LogP contribution in [0.2, 0.25) is 0 Å². The van der Waals surface area contributed by atoms with Crippen molar-refractivity contribution in [1.29, 1.82) is 0 Å². The molecule has 84 valence electrons. The first-order valence-corrected chi connectivity index (χ1v) is 5.59. The summed E-state index contributed by atoms with van der Waals surface area (Å²) in [5.41, 5.74) is 1.28. The van der Waals surface area contributed by atoms with Gasteiger partial charge in [0.1, 0.15) is 0 Å². The monoisotopic (exact) mass is 210 g/mol. The molecule has 0 bridgehead atoms. The zero-order valence-corrected chi connectivity index (χ0v) is 9.53. The maximum atomic E-state index is 11.0. The van der Waals surface area contributed by atoms with Gasteiger partial charge in [-0.25, -0.2) is 0 Å². The van der Waals surface area contributed by atoms with Gasteiger partial charge in [0.2, 0.25) is 6.29 Å². The Labute approximate surface area is 90.4 Å². The number of allylic oxidation sites excluding steroid dienone is 1. The predicted molar refractivity (Wildman–Crippen MR) is 55.8 cm³/mol. The van der Waals surface area contributed by atoms with Crippen molar-refractivity contribution in [3.8, 4) is 0 Å². The molecule has 0 unspecified atom stereocenters. The van der Waals surface area contributed by atoms with Crippen molar-refractivity contribution < 1.29 is 14.3 Å². The van der Waals surface area contributed by atoms with Gasteiger partial charge in [-0.1, -0.05) is 6.92 Å². The van der Waals surface area contributed by atoms with E-state index in [1.165, 1.54) is 25.3 Å². The van der Waals surface area contributed by atoms with Gasteiger partial charge < -0.3 is 9.47 Å². The third-order valence-electron chi connectivity index (χ3n) is 3.62. The maximum absolute atomic E-state index is 11.0. The molecule has 0 aromatic rings. The van der Waals surface area contributed by atoms with Gasteiger partial charge in [-0.2, -0.15) is 0 Å². The Morgan fingerprint density at radius 1 is 1.53 bits per heavy atom. The Morgan fingerprint density at radius 3 is 2.93 bits per heavy atom. The number of hydrogen-bond donors (Lipinski definition) is 0. The first-order valence-electron chi connectivity index (χ1n) is 5.59. The van der Waals surface area contributed by atoms with Crippen LogP contribution in [0.5, 0.6) is 0 Å². The second-order valence-electron chi connectivity index (χ2n) is 4.71. The number of carbonyl (C=O) groups excluding carboxylic acids is 1. The lowest BCUT2D eigenvalue weighted by Gasteiger charge is -2.34. The average molecular weight is 210 g/mol. The van der Waals surface area contributed by atoms with E-state index in [4.69, 9.17) is 9.47 Å². The molecule has 0 saturated heterocycles. The Hall–Kier alpha value is -0.990. The van der Waals surface area contributed by atoms with Crippen LogP contribution in [0, 0.1) is 17.8 Å². The summed E-state index contributed by atoms with van der Waals surface area (Å²) in [5, 5.41) is 0. The fraction of sp³-hybridized carbons (Fsp3) is 0.750. The van der Waals surface area contributed by atoms with Crippen LogP contribution in [-0.4, -0.2) is 12.3 Å². The van der Waals surface area contributed by atoms with Crippen LogP contribution in [-0.2, 0) is 14.3 Å². The number of carbonyl (C=O) groups is 1. The summed E-state index contributed by atoms with van der Waals surface area (Å²) in [7, 11) is 0. The first kappa shape index (κ1) is 10.5. The summed E-state index contributed by atoms with van der Waals surface area (Å²) in [5.74, 6) is 1.20. The lowest BCUT2D eigenvalue weighted by molar-refractivity contribution is -0.184. The second-order valence-corrected chi connectivity index (χ2v) is 4.71. The van der Waals surface area contributed by atoms with E-state index >= 15 is 0 Å². The fourth-order valence-corrected chi connectivity index (χ4v) is 2.84. The molecule has 1 aliphatic carbocycles. The third-order valence-corrected chi connectivity index (χ3v) is 3.62. The highest BCUT2D eigenvalue weighted by Gasteiger charge is 2.44. The second kappa shape index (κ2) is 3.87. The summed E-state index contributed by atoms with van der Waals surface area (Å²) in [6, 6.07) is 0. The van der Waals surface area contributed by atoms with Crippen molar-refractivity contribution in [2.75, 3.05) is 0 Å². The van der Waals surface area contributed by atoms with E-state index in [0.717, 1.165) is 0 Å². The predicted octanol–water partition coefficient (Wildman–Crippen LogP) is 2.47. The van der Waals surface area contributed by atoms with Gasteiger partial charge in [-0.15, -0.1) is 0 Å². The highest BCUT2D eigenvalue weighted by atomic mass is 16.7. The number of fused-ring (bicyclic) bond motifs is 1. The summed E-state index contributed by atoms with van der Waals surface area (Å²) in [4.78, 5) is 11.0. The zero-order valence-electron chi connectivity index (χ0n) is 9.53. The van der Waals surface area contributed by atoms with Crippen LogP contribution in [0.3, 0.4) is 0 Å². The van der Waals surface area contributed by atoms with Crippen molar-refractivity contribution in [2.45, 2.75) is 39.9 Å². The Balaban J connectivity index is 2.16. The smallest absolute Gasteiger partial charge is 0.305 e. The highest BCUT2D eigenvalue weighted by Crippen LogP contribution is 2.46. The van der Waals surface area contributed by atoms with E-state index in [1.807, 2.05) is 0 Å². The lowest BCUT2D eigenvalue weighted by Crippen LogP contribution is -2.36. The Kier molecular flexibility index (Phi) is 2.72. The van der Waals surface area contributed by atoms with Crippen molar-refractivity contribution in [1.82, 2.24) is 0 Å². The summed E-state index contributed by atoms with van der Waals surface area (Å²) in [6.07, 6.45) is 3.78. The third kappa shape index (κ3) is 1.87. The Bertz CT molecular complexity index is 295. The average Bonchev–Trinajstić information content (AvgIpc) is 2.54. The zero-order chi connectivity index (χ0) is 11.0. The van der Waals surface area contributed by atoms with Gasteiger partial charge in [0.25, 0.3) is 0 Å². The minimum absolute atomic E-state index is 0.259. The van der Waals surface area contributed by atoms with E-state index in [9.17, 15) is 4.79 Å². The minimum Gasteiger partial charge on any atom is -0.462 e. The molecule has 1 heterocycles. The van der Waals surface area contributed by atoms with Crippen LogP contribution >= 0.6 is 0 Å². The van der Waals surface area contributed by atoms with Gasteiger partial charge in [0.05, 0.1) is 6.26 Å². The van der Waals surface area contributed by atoms with Crippen molar-refractivity contribution in [2.24, 2.45) is 17.8 Å². The molecule has 0 radical (unpaired) electrons. The molecular formula is C12H18O3. The van der Waals surface area contributed by atoms with Crippen molar-refractivity contribution in [3.63, 3.8) is 0 Å². The van der Waals surface area contributed by atoms with Crippen molar-refractivity contribution in [3.05, 3.63) is 11.8 Å². The maximum Gasteiger partial charge on any atom is 0.305 e. The molecule has 15 heavy (non-hydrogen) atoms. The van der Waals surface area contributed by atoms with Crippen LogP contribution in [0.1, 0.15) is 33.6 Å². The van der Waals surface area contributed by atoms with Crippen LogP contribution < -0.4 is 0 Å². The summed E-state index contributed by atoms with van der Waals surface area (Å²) >= 11 is 0. The standard InChI is InChI=1S/C12H18O3/c1-7-4-5-10-8(2)6-14-12(11(7)10)15-9(3)13/h6-7,10-12H,4-5H2,1-3H3/t7-,10-,11-,12+/m1/s1. The van der Waals surface area contributed by atoms with Crippen LogP contribution in [0.4, 0.5) is 0 Å². The largest absolute Gasteiger partial charge is 0.462 e. The molecule has 4 atom stereocenters. The minimum atomic E-state index is -0.367. The van der Waals surface area contributed by atoms with Crippen LogP contribution in [0.25, 0.3) is 0 Å². The fourth-order valence-electron chi connectivity index (χ4n) is 2.84. The highest BCUT2D eigenvalue weighted by molar-refractivity contribution is 5.66. The summed E-state index contributed by atoms with van der Waals surface area (Å²) in [6.45, 7) is 5.74. The molecule has 2 aliphatic rings. The molecule has 0 aromatic carbocycles. The molecule has 1 aliphatic heterocycles. The topological polar surface area (TPSA) is 35.5 Å². The van der Waals surface area contributed by atoms with E-state index in [2.05, 4.69) is 13.8 Å². The van der Waals surface area contributed by atoms with E-state index in [0.29, 0.717) is 17.8 Å². The molecule has 0 amide bonds. The molecular weight excluding hydrogens is 192 g/mol. The van der Waals surface area contributed by atoms with Crippen LogP contribution in [0.15, 0.2) is 11.8 Å².